The Morgan fingerprint density at radius 3 is 2.79 bits per heavy atom. The third-order valence-corrected chi connectivity index (χ3v) is 4.03. The highest BCUT2D eigenvalue weighted by Gasteiger charge is 2.23. The molecule has 0 spiro atoms. The van der Waals surface area contributed by atoms with E-state index in [2.05, 4.69) is 47.1 Å². The van der Waals surface area contributed by atoms with Crippen molar-refractivity contribution in [3.63, 3.8) is 0 Å². The van der Waals surface area contributed by atoms with Gasteiger partial charge in [-0.1, -0.05) is 37.3 Å². The Morgan fingerprint density at radius 1 is 1.32 bits per heavy atom. The first-order valence-electron chi connectivity index (χ1n) is 7.50. The van der Waals surface area contributed by atoms with E-state index >= 15 is 0 Å². The van der Waals surface area contributed by atoms with E-state index in [1.165, 1.54) is 31.6 Å². The van der Waals surface area contributed by atoms with E-state index < -0.39 is 0 Å². The SMILES string of the molecule is CCN(CCN)C[C@H]1CCN(Cc2ccccc2)C1. The van der Waals surface area contributed by atoms with Gasteiger partial charge in [-0.2, -0.15) is 0 Å². The van der Waals surface area contributed by atoms with Gasteiger partial charge in [-0.3, -0.25) is 4.90 Å². The van der Waals surface area contributed by atoms with Crippen molar-refractivity contribution in [2.45, 2.75) is 19.9 Å². The lowest BCUT2D eigenvalue weighted by Gasteiger charge is -2.23. The fourth-order valence-corrected chi connectivity index (χ4v) is 2.97. The van der Waals surface area contributed by atoms with Gasteiger partial charge in [0.05, 0.1) is 0 Å². The molecule has 3 heteroatoms. The highest BCUT2D eigenvalue weighted by atomic mass is 15.2. The van der Waals surface area contributed by atoms with Crippen molar-refractivity contribution in [2.75, 3.05) is 39.3 Å². The zero-order chi connectivity index (χ0) is 13.5. The minimum absolute atomic E-state index is 0.772. The Bertz CT molecular complexity index is 352. The van der Waals surface area contributed by atoms with Gasteiger partial charge in [0.1, 0.15) is 0 Å². The van der Waals surface area contributed by atoms with Crippen molar-refractivity contribution in [3.05, 3.63) is 35.9 Å². The van der Waals surface area contributed by atoms with Crippen LogP contribution in [0.2, 0.25) is 0 Å². The first-order chi connectivity index (χ1) is 9.31. The van der Waals surface area contributed by atoms with E-state index in [0.29, 0.717) is 0 Å². The van der Waals surface area contributed by atoms with Gasteiger partial charge in [-0.25, -0.2) is 0 Å². The molecule has 0 aliphatic carbocycles. The second kappa shape index (κ2) is 7.63. The predicted octanol–water partition coefficient (Wildman–Crippen LogP) is 1.79. The largest absolute Gasteiger partial charge is 0.329 e. The fraction of sp³-hybridized carbons (Fsp3) is 0.625. The Labute approximate surface area is 117 Å². The lowest BCUT2D eigenvalue weighted by Crippen LogP contribution is -2.34. The van der Waals surface area contributed by atoms with Crippen LogP contribution in [0.1, 0.15) is 18.9 Å². The summed E-state index contributed by atoms with van der Waals surface area (Å²) in [5, 5.41) is 0. The smallest absolute Gasteiger partial charge is 0.0233 e. The van der Waals surface area contributed by atoms with Crippen LogP contribution in [0.5, 0.6) is 0 Å². The van der Waals surface area contributed by atoms with E-state index in [9.17, 15) is 0 Å². The molecule has 19 heavy (non-hydrogen) atoms. The maximum absolute atomic E-state index is 5.66. The number of nitrogens with zero attached hydrogens (tertiary/aromatic N) is 2. The topological polar surface area (TPSA) is 32.5 Å². The molecule has 0 unspecified atom stereocenters. The molecule has 1 aromatic rings. The monoisotopic (exact) mass is 261 g/mol. The van der Waals surface area contributed by atoms with E-state index in [4.69, 9.17) is 5.73 Å². The highest BCUT2D eigenvalue weighted by molar-refractivity contribution is 5.14. The summed E-state index contributed by atoms with van der Waals surface area (Å²) < 4.78 is 0. The second-order valence-electron chi connectivity index (χ2n) is 5.56. The quantitative estimate of drug-likeness (QED) is 0.812. The van der Waals surface area contributed by atoms with Crippen molar-refractivity contribution < 1.29 is 0 Å². The molecule has 0 amide bonds. The maximum atomic E-state index is 5.66. The molecule has 1 aliphatic rings. The van der Waals surface area contributed by atoms with Gasteiger partial charge in [-0.05, 0) is 31.0 Å². The van der Waals surface area contributed by atoms with Crippen LogP contribution in [0, 0.1) is 5.92 Å². The molecule has 1 aliphatic heterocycles. The van der Waals surface area contributed by atoms with Gasteiger partial charge in [0.15, 0.2) is 0 Å². The number of likely N-dealkylation sites (tertiary alicyclic amines) is 1. The number of likely N-dealkylation sites (N-methyl/N-ethyl adjacent to an activating group) is 1. The normalized spacial score (nSPS) is 20.3. The molecule has 2 rings (SSSR count). The van der Waals surface area contributed by atoms with Gasteiger partial charge in [0, 0.05) is 32.7 Å². The number of hydrogen-bond donors (Lipinski definition) is 1. The zero-order valence-corrected chi connectivity index (χ0v) is 12.1. The average molecular weight is 261 g/mol. The minimum Gasteiger partial charge on any atom is -0.329 e. The molecule has 0 saturated carbocycles. The molecular formula is C16H27N3. The maximum Gasteiger partial charge on any atom is 0.0233 e. The highest BCUT2D eigenvalue weighted by Crippen LogP contribution is 2.19. The van der Waals surface area contributed by atoms with Crippen LogP contribution in [0.4, 0.5) is 0 Å². The van der Waals surface area contributed by atoms with Crippen LogP contribution >= 0.6 is 0 Å². The van der Waals surface area contributed by atoms with Crippen molar-refractivity contribution in [1.82, 2.24) is 9.80 Å². The molecule has 0 aromatic heterocycles. The van der Waals surface area contributed by atoms with Crippen molar-refractivity contribution in [1.29, 1.82) is 0 Å². The third kappa shape index (κ3) is 4.60. The van der Waals surface area contributed by atoms with Gasteiger partial charge in [0.25, 0.3) is 0 Å². The summed E-state index contributed by atoms with van der Waals surface area (Å²) in [6, 6.07) is 10.8. The Kier molecular flexibility index (Phi) is 5.83. The molecule has 0 radical (unpaired) electrons. The standard InChI is InChI=1S/C16H27N3/c1-2-18(11-9-17)13-16-8-10-19(14-16)12-15-6-4-3-5-7-15/h3-7,16H,2,8-14,17H2,1H3/t16-/m1/s1. The van der Waals surface area contributed by atoms with Crippen LogP contribution in [0.25, 0.3) is 0 Å². The van der Waals surface area contributed by atoms with Crippen LogP contribution in [-0.2, 0) is 6.54 Å². The van der Waals surface area contributed by atoms with Crippen molar-refractivity contribution in [2.24, 2.45) is 11.7 Å². The van der Waals surface area contributed by atoms with E-state index in [1.807, 2.05) is 0 Å². The predicted molar refractivity (Wildman–Crippen MR) is 81.0 cm³/mol. The van der Waals surface area contributed by atoms with Gasteiger partial charge in [0.2, 0.25) is 0 Å². The van der Waals surface area contributed by atoms with Crippen molar-refractivity contribution >= 4 is 0 Å². The first-order valence-corrected chi connectivity index (χ1v) is 7.50. The van der Waals surface area contributed by atoms with Crippen LogP contribution in [-0.4, -0.2) is 49.1 Å². The Hall–Kier alpha value is -0.900. The number of hydrogen-bond acceptors (Lipinski definition) is 3. The molecule has 0 bridgehead atoms. The molecule has 1 aromatic carbocycles. The summed E-state index contributed by atoms with van der Waals surface area (Å²) >= 11 is 0. The summed E-state index contributed by atoms with van der Waals surface area (Å²) in [6.07, 6.45) is 1.33. The summed E-state index contributed by atoms with van der Waals surface area (Å²) in [5.74, 6) is 0.815. The summed E-state index contributed by atoms with van der Waals surface area (Å²) in [5.41, 5.74) is 7.08. The molecular weight excluding hydrogens is 234 g/mol. The Balaban J connectivity index is 1.76. The number of benzene rings is 1. The van der Waals surface area contributed by atoms with Crippen LogP contribution < -0.4 is 5.73 Å². The third-order valence-electron chi connectivity index (χ3n) is 4.03. The Morgan fingerprint density at radius 2 is 2.11 bits per heavy atom. The molecule has 3 nitrogen and oxygen atoms in total. The zero-order valence-electron chi connectivity index (χ0n) is 12.1. The van der Waals surface area contributed by atoms with Crippen LogP contribution in [0.15, 0.2) is 30.3 Å². The van der Waals surface area contributed by atoms with E-state index in [0.717, 1.165) is 32.1 Å². The molecule has 106 valence electrons. The average Bonchev–Trinajstić information content (AvgIpc) is 2.86. The van der Waals surface area contributed by atoms with Gasteiger partial charge >= 0.3 is 0 Å². The summed E-state index contributed by atoms with van der Waals surface area (Å²) in [4.78, 5) is 5.06. The second-order valence-corrected chi connectivity index (χ2v) is 5.56. The molecule has 1 fully saturated rings. The number of rotatable bonds is 7. The minimum atomic E-state index is 0.772. The van der Waals surface area contributed by atoms with Gasteiger partial charge < -0.3 is 10.6 Å². The summed E-state index contributed by atoms with van der Waals surface area (Å²) in [6.45, 7) is 9.92. The fourth-order valence-electron chi connectivity index (χ4n) is 2.97. The molecule has 1 heterocycles. The summed E-state index contributed by atoms with van der Waals surface area (Å²) in [7, 11) is 0. The molecule has 2 N–H and O–H groups in total. The first kappa shape index (κ1) is 14.5. The number of nitrogens with two attached hydrogens (primary N) is 1. The molecule has 1 saturated heterocycles. The van der Waals surface area contributed by atoms with Crippen molar-refractivity contribution in [3.8, 4) is 0 Å². The van der Waals surface area contributed by atoms with E-state index in [-0.39, 0.29) is 0 Å². The lowest BCUT2D eigenvalue weighted by atomic mass is 10.1. The van der Waals surface area contributed by atoms with E-state index in [1.54, 1.807) is 0 Å². The lowest BCUT2D eigenvalue weighted by molar-refractivity contribution is 0.238. The van der Waals surface area contributed by atoms with Crippen LogP contribution in [0.3, 0.4) is 0 Å². The van der Waals surface area contributed by atoms with Gasteiger partial charge in [-0.15, -0.1) is 0 Å². The molecule has 1 atom stereocenters.